The monoisotopic (exact) mass is 287 g/mol. The quantitative estimate of drug-likeness (QED) is 0.704. The molecule has 0 aliphatic heterocycles. The van der Waals surface area contributed by atoms with Gasteiger partial charge < -0.3 is 15.2 Å². The summed E-state index contributed by atoms with van der Waals surface area (Å²) in [6.45, 7) is 0. The van der Waals surface area contributed by atoms with E-state index in [2.05, 4.69) is 5.32 Å². The molecule has 0 aliphatic carbocycles. The minimum Gasteiger partial charge on any atom is -0.494 e. The van der Waals surface area contributed by atoms with Crippen LogP contribution in [0.25, 0.3) is 0 Å². The Kier molecular flexibility index (Phi) is 6.14. The third kappa shape index (κ3) is 4.78. The van der Waals surface area contributed by atoms with Crippen molar-refractivity contribution in [3.05, 3.63) is 29.6 Å². The molecular weight excluding hydrogens is 273 g/mol. The third-order valence-corrected chi connectivity index (χ3v) is 3.44. The van der Waals surface area contributed by atoms with E-state index < -0.39 is 17.8 Å². The topological polar surface area (TPSA) is 75.6 Å². The van der Waals surface area contributed by atoms with Gasteiger partial charge in [-0.3, -0.25) is 4.79 Å². The maximum Gasteiger partial charge on any atom is 0.327 e. The van der Waals surface area contributed by atoms with Crippen molar-refractivity contribution in [2.24, 2.45) is 0 Å². The minimum atomic E-state index is -1.10. The zero-order valence-electron chi connectivity index (χ0n) is 10.3. The van der Waals surface area contributed by atoms with Gasteiger partial charge in [0.05, 0.1) is 7.11 Å². The van der Waals surface area contributed by atoms with Crippen LogP contribution in [0.4, 0.5) is 4.39 Å². The molecule has 5 nitrogen and oxygen atoms in total. The van der Waals surface area contributed by atoms with Crippen LogP contribution in [-0.4, -0.2) is 36.4 Å². The highest BCUT2D eigenvalue weighted by molar-refractivity contribution is 7.98. The summed E-state index contributed by atoms with van der Waals surface area (Å²) in [4.78, 5) is 21.0. The average molecular weight is 287 g/mol. The number of ether oxygens (including phenoxy) is 1. The van der Waals surface area contributed by atoms with Gasteiger partial charge in [-0.1, -0.05) is 6.07 Å². The molecule has 0 aromatic heterocycles. The average Bonchev–Trinajstić information content (AvgIpc) is 2.37. The van der Waals surface area contributed by atoms with Crippen LogP contribution >= 0.6 is 11.8 Å². The van der Waals surface area contributed by atoms with E-state index in [4.69, 9.17) is 9.84 Å². The fourth-order valence-corrected chi connectivity index (χ4v) is 2.37. The van der Waals surface area contributed by atoms with Crippen LogP contribution in [0, 0.1) is 5.82 Å². The Morgan fingerprint density at radius 1 is 1.63 bits per heavy atom. The Balaban J connectivity index is 2.50. The lowest BCUT2D eigenvalue weighted by Crippen LogP contribution is -2.37. The number of carbonyl (C=O) groups excluding carboxylic acids is 1. The molecule has 104 valence electrons. The largest absolute Gasteiger partial charge is 0.494 e. The van der Waals surface area contributed by atoms with Crippen molar-refractivity contribution in [2.45, 2.75) is 11.8 Å². The van der Waals surface area contributed by atoms with E-state index >= 15 is 0 Å². The summed E-state index contributed by atoms with van der Waals surface area (Å²) in [6, 6.07) is 3.63. The number of halogens is 1. The van der Waals surface area contributed by atoms with E-state index in [1.54, 1.807) is 6.07 Å². The van der Waals surface area contributed by atoms with Crippen molar-refractivity contribution in [1.29, 1.82) is 0 Å². The number of hydrogen-bond acceptors (Lipinski definition) is 4. The van der Waals surface area contributed by atoms with Crippen molar-refractivity contribution >= 4 is 24.1 Å². The first-order chi connectivity index (χ1) is 9.08. The Bertz CT molecular complexity index is 455. The Labute approximate surface area is 114 Å². The number of amides is 1. The molecule has 1 amide bonds. The first-order valence-corrected chi connectivity index (χ1v) is 6.56. The molecule has 1 unspecified atom stereocenters. The molecule has 0 aliphatic rings. The van der Waals surface area contributed by atoms with E-state index in [0.29, 0.717) is 12.2 Å². The van der Waals surface area contributed by atoms with Crippen LogP contribution in [0.2, 0.25) is 0 Å². The van der Waals surface area contributed by atoms with Gasteiger partial charge in [-0.2, -0.15) is 11.8 Å². The second-order valence-electron chi connectivity index (χ2n) is 3.66. The second-order valence-corrected chi connectivity index (χ2v) is 4.69. The molecule has 1 aromatic rings. The fraction of sp³-hybridized carbons (Fsp3) is 0.333. The lowest BCUT2D eigenvalue weighted by molar-refractivity contribution is -0.139. The van der Waals surface area contributed by atoms with Gasteiger partial charge in [0.1, 0.15) is 6.04 Å². The van der Waals surface area contributed by atoms with Crippen LogP contribution in [0.15, 0.2) is 18.2 Å². The number of carbonyl (C=O) groups is 2. The number of hydrogen-bond donors (Lipinski definition) is 2. The number of thioether (sulfide) groups is 1. The van der Waals surface area contributed by atoms with Gasteiger partial charge in [-0.15, -0.1) is 0 Å². The zero-order valence-corrected chi connectivity index (χ0v) is 11.1. The van der Waals surface area contributed by atoms with E-state index in [1.165, 1.54) is 31.0 Å². The molecule has 0 saturated heterocycles. The molecule has 1 rings (SSSR count). The summed E-state index contributed by atoms with van der Waals surface area (Å²) >= 11 is 1.30. The highest BCUT2D eigenvalue weighted by atomic mass is 32.2. The Morgan fingerprint density at radius 2 is 2.37 bits per heavy atom. The molecule has 2 N–H and O–H groups in total. The normalized spacial score (nSPS) is 11.7. The first-order valence-electron chi connectivity index (χ1n) is 5.41. The fourth-order valence-electron chi connectivity index (χ4n) is 1.37. The molecule has 7 heteroatoms. The summed E-state index contributed by atoms with van der Waals surface area (Å²) in [5, 5.41) is 11.0. The Hall–Kier alpha value is -1.76. The highest BCUT2D eigenvalue weighted by Crippen LogP contribution is 2.21. The maximum absolute atomic E-state index is 13.4. The predicted octanol–water partition coefficient (Wildman–Crippen LogP) is 1.27. The number of aliphatic carboxylic acids is 1. The zero-order chi connectivity index (χ0) is 14.3. The lowest BCUT2D eigenvalue weighted by Gasteiger charge is -2.10. The van der Waals surface area contributed by atoms with Gasteiger partial charge in [-0.25, -0.2) is 9.18 Å². The van der Waals surface area contributed by atoms with Crippen LogP contribution in [0.5, 0.6) is 5.75 Å². The van der Waals surface area contributed by atoms with Crippen molar-refractivity contribution in [2.75, 3.05) is 12.9 Å². The second kappa shape index (κ2) is 7.63. The summed E-state index contributed by atoms with van der Waals surface area (Å²) in [7, 11) is 1.38. The molecule has 19 heavy (non-hydrogen) atoms. The van der Waals surface area contributed by atoms with Crippen LogP contribution in [0.3, 0.4) is 0 Å². The molecule has 0 heterocycles. The minimum absolute atomic E-state index is 0.166. The van der Waals surface area contributed by atoms with E-state index in [9.17, 15) is 14.0 Å². The standard InChI is InChI=1S/C12H14FNO4S/c1-18-11-3-2-8(4-9(11)13)5-19-6-10(12(16)17)14-7-15/h2-4,7,10H,5-6H2,1H3,(H,14,15)(H,16,17). The number of carboxylic acids is 1. The van der Waals surface area contributed by atoms with Crippen molar-refractivity contribution in [1.82, 2.24) is 5.32 Å². The molecule has 1 aromatic carbocycles. The molecular formula is C12H14FNO4S. The van der Waals surface area contributed by atoms with Gasteiger partial charge in [0, 0.05) is 11.5 Å². The van der Waals surface area contributed by atoms with Gasteiger partial charge in [0.15, 0.2) is 11.6 Å². The van der Waals surface area contributed by atoms with E-state index in [0.717, 1.165) is 5.56 Å². The summed E-state index contributed by atoms with van der Waals surface area (Å²) in [6.07, 6.45) is 0.354. The molecule has 0 fully saturated rings. The van der Waals surface area contributed by atoms with Crippen LogP contribution in [-0.2, 0) is 15.3 Å². The number of carboxylic acid groups (broad SMARTS) is 1. The number of benzene rings is 1. The van der Waals surface area contributed by atoms with E-state index in [-0.39, 0.29) is 11.5 Å². The SMILES string of the molecule is COc1ccc(CSCC(NC=O)C(=O)O)cc1F. The van der Waals surface area contributed by atoms with Gasteiger partial charge in [0.25, 0.3) is 0 Å². The first kappa shape index (κ1) is 15.3. The third-order valence-electron chi connectivity index (χ3n) is 2.34. The maximum atomic E-state index is 13.4. The van der Waals surface area contributed by atoms with Crippen LogP contribution in [0.1, 0.15) is 5.56 Å². The van der Waals surface area contributed by atoms with Gasteiger partial charge in [0.2, 0.25) is 6.41 Å². The highest BCUT2D eigenvalue weighted by Gasteiger charge is 2.15. The number of methoxy groups -OCH3 is 1. The lowest BCUT2D eigenvalue weighted by atomic mass is 10.2. The van der Waals surface area contributed by atoms with Crippen molar-refractivity contribution in [3.8, 4) is 5.75 Å². The van der Waals surface area contributed by atoms with Crippen molar-refractivity contribution in [3.63, 3.8) is 0 Å². The van der Waals surface area contributed by atoms with Gasteiger partial charge in [-0.05, 0) is 17.7 Å². The predicted molar refractivity (Wildman–Crippen MR) is 69.7 cm³/mol. The van der Waals surface area contributed by atoms with Crippen molar-refractivity contribution < 1.29 is 23.8 Å². The smallest absolute Gasteiger partial charge is 0.327 e. The Morgan fingerprint density at radius 3 is 2.89 bits per heavy atom. The molecule has 0 radical (unpaired) electrons. The number of nitrogens with one attached hydrogen (secondary N) is 1. The summed E-state index contributed by atoms with van der Waals surface area (Å²) in [5.74, 6) is -0.728. The number of rotatable bonds is 8. The summed E-state index contributed by atoms with van der Waals surface area (Å²) in [5.41, 5.74) is 0.721. The van der Waals surface area contributed by atoms with Crippen LogP contribution < -0.4 is 10.1 Å². The summed E-state index contributed by atoms with van der Waals surface area (Å²) < 4.78 is 18.2. The molecule has 1 atom stereocenters. The molecule has 0 saturated carbocycles. The molecule has 0 spiro atoms. The van der Waals surface area contributed by atoms with Gasteiger partial charge >= 0.3 is 5.97 Å². The van der Waals surface area contributed by atoms with E-state index in [1.807, 2.05) is 0 Å². The molecule has 0 bridgehead atoms.